The van der Waals surface area contributed by atoms with Crippen LogP contribution in [0.15, 0.2) is 121 Å². The van der Waals surface area contributed by atoms with Crippen molar-refractivity contribution in [3.8, 4) is 22.3 Å². The van der Waals surface area contributed by atoms with Crippen molar-refractivity contribution in [1.29, 1.82) is 0 Å². The molecule has 0 saturated heterocycles. The molecule has 0 amide bonds. The van der Waals surface area contributed by atoms with Crippen molar-refractivity contribution in [2.45, 2.75) is 5.41 Å². The first-order chi connectivity index (χ1) is 16.3. The third-order valence-corrected chi connectivity index (χ3v) is 9.13. The van der Waals surface area contributed by atoms with Gasteiger partial charge in [-0.1, -0.05) is 109 Å². The molecule has 0 N–H and O–H groups in total. The van der Waals surface area contributed by atoms with Gasteiger partial charge >= 0.3 is 0 Å². The molecule has 1 atom stereocenters. The third-order valence-electron chi connectivity index (χ3n) is 7.30. The van der Waals surface area contributed by atoms with Gasteiger partial charge in [0, 0.05) is 10.6 Å². The van der Waals surface area contributed by atoms with Gasteiger partial charge in [0.2, 0.25) is 0 Å². The number of benzene rings is 5. The van der Waals surface area contributed by atoms with Gasteiger partial charge in [-0.2, -0.15) is 0 Å². The van der Waals surface area contributed by atoms with Gasteiger partial charge in [0.1, 0.15) is 7.80 Å². The van der Waals surface area contributed by atoms with Crippen molar-refractivity contribution in [3.05, 3.63) is 144 Å². The molecule has 5 aromatic rings. The van der Waals surface area contributed by atoms with Crippen molar-refractivity contribution < 1.29 is 4.57 Å². The minimum Gasteiger partial charge on any atom is -0.317 e. The van der Waals surface area contributed by atoms with E-state index in [-0.39, 0.29) is 0 Å². The average molecular weight is 440 g/mol. The Bertz CT molecular complexity index is 1530. The Labute approximate surface area is 194 Å². The zero-order chi connectivity index (χ0) is 22.0. The topological polar surface area (TPSA) is 17.1 Å². The van der Waals surface area contributed by atoms with Gasteiger partial charge < -0.3 is 4.57 Å². The van der Waals surface area contributed by atoms with E-state index in [1.54, 1.807) is 0 Å². The number of hydrogen-bond donors (Lipinski definition) is 0. The molecule has 1 heterocycles. The fourth-order valence-electron chi connectivity index (χ4n) is 5.96. The van der Waals surface area contributed by atoms with E-state index < -0.39 is 13.2 Å². The van der Waals surface area contributed by atoms with E-state index in [0.717, 1.165) is 21.7 Å². The lowest BCUT2D eigenvalue weighted by atomic mass is 9.67. The summed E-state index contributed by atoms with van der Waals surface area (Å²) >= 11 is 0. The molecule has 0 bridgehead atoms. The summed E-state index contributed by atoms with van der Waals surface area (Å²) in [5.41, 5.74) is 9.30. The third kappa shape index (κ3) is 2.41. The molecule has 2 aliphatic rings. The number of rotatable bonds is 2. The van der Waals surface area contributed by atoms with E-state index >= 15 is 0 Å². The molecule has 2 heteroatoms. The molecule has 1 nitrogen and oxygen atoms in total. The van der Waals surface area contributed by atoms with Crippen LogP contribution in [0.1, 0.15) is 22.3 Å². The quantitative estimate of drug-likeness (QED) is 0.279. The Kier molecular flexibility index (Phi) is 3.95. The summed E-state index contributed by atoms with van der Waals surface area (Å²) in [5, 5.41) is 1.98. The molecule has 0 fully saturated rings. The molecule has 1 aliphatic heterocycles. The van der Waals surface area contributed by atoms with Crippen LogP contribution in [0.2, 0.25) is 0 Å². The Morgan fingerprint density at radius 2 is 1.03 bits per heavy atom. The van der Waals surface area contributed by atoms with Crippen LogP contribution in [0.4, 0.5) is 0 Å². The van der Waals surface area contributed by atoms with Gasteiger partial charge in [-0.3, -0.25) is 0 Å². The summed E-state index contributed by atoms with van der Waals surface area (Å²) in [6.45, 7) is 0. The Balaban J connectivity index is 1.65. The molecule has 0 spiro atoms. The second-order valence-electron chi connectivity index (χ2n) is 8.85. The van der Waals surface area contributed by atoms with Gasteiger partial charge in [-0.25, -0.2) is 0 Å². The highest BCUT2D eigenvalue weighted by Gasteiger charge is 2.47. The van der Waals surface area contributed by atoms with Crippen LogP contribution in [0, 0.1) is 0 Å². The molecule has 1 unspecified atom stereocenters. The largest absolute Gasteiger partial charge is 0.317 e. The molecule has 0 aromatic heterocycles. The zero-order valence-electron chi connectivity index (χ0n) is 18.0. The smallest absolute Gasteiger partial charge is 0.133 e. The second kappa shape index (κ2) is 6.91. The lowest BCUT2D eigenvalue weighted by molar-refractivity contribution is 0.598. The summed E-state index contributed by atoms with van der Waals surface area (Å²) in [5.74, 6) is 0. The van der Waals surface area contributed by atoms with Crippen LogP contribution in [0.25, 0.3) is 22.3 Å². The summed E-state index contributed by atoms with van der Waals surface area (Å²) in [6.07, 6.45) is 0. The summed E-state index contributed by atoms with van der Waals surface area (Å²) in [4.78, 5) is 0. The SMILES string of the molecule is O=[PH]1c2ccccc2-c2cc3c(cc21)-c1ccccc1C3(c1ccccc1)c1ccccc1. The molecule has 156 valence electrons. The first-order valence-electron chi connectivity index (χ1n) is 11.3. The lowest BCUT2D eigenvalue weighted by Gasteiger charge is -2.34. The predicted molar refractivity (Wildman–Crippen MR) is 137 cm³/mol. The summed E-state index contributed by atoms with van der Waals surface area (Å²) in [6, 6.07) is 43.1. The highest BCUT2D eigenvalue weighted by molar-refractivity contribution is 7.63. The van der Waals surface area contributed by atoms with E-state index in [4.69, 9.17) is 0 Å². The van der Waals surface area contributed by atoms with E-state index in [2.05, 4.69) is 103 Å². The molecule has 0 radical (unpaired) electrons. The average Bonchev–Trinajstić information content (AvgIpc) is 3.34. The highest BCUT2D eigenvalue weighted by atomic mass is 31.1. The monoisotopic (exact) mass is 440 g/mol. The first kappa shape index (κ1) is 18.9. The molecule has 0 saturated carbocycles. The van der Waals surface area contributed by atoms with Gasteiger partial charge in [-0.15, -0.1) is 0 Å². The Morgan fingerprint density at radius 1 is 0.455 bits per heavy atom. The number of hydrogen-bond acceptors (Lipinski definition) is 1. The predicted octanol–water partition coefficient (Wildman–Crippen LogP) is 6.54. The van der Waals surface area contributed by atoms with Crippen LogP contribution < -0.4 is 10.6 Å². The van der Waals surface area contributed by atoms with Crippen LogP contribution in [0.5, 0.6) is 0 Å². The fraction of sp³-hybridized carbons (Fsp3) is 0.0323. The number of fused-ring (bicyclic) bond motifs is 6. The van der Waals surface area contributed by atoms with E-state index in [0.29, 0.717) is 0 Å². The zero-order valence-corrected chi connectivity index (χ0v) is 19.0. The summed E-state index contributed by atoms with van der Waals surface area (Å²) in [7, 11) is -2.01. The molecule has 5 aromatic carbocycles. The van der Waals surface area contributed by atoms with Crippen LogP contribution in [-0.2, 0) is 9.98 Å². The van der Waals surface area contributed by atoms with E-state index in [9.17, 15) is 4.57 Å². The van der Waals surface area contributed by atoms with Crippen molar-refractivity contribution >= 4 is 18.4 Å². The lowest BCUT2D eigenvalue weighted by Crippen LogP contribution is -2.28. The van der Waals surface area contributed by atoms with Crippen molar-refractivity contribution in [2.75, 3.05) is 0 Å². The van der Waals surface area contributed by atoms with E-state index in [1.807, 2.05) is 18.2 Å². The maximum atomic E-state index is 13.5. The van der Waals surface area contributed by atoms with Gasteiger partial charge in [0.15, 0.2) is 0 Å². The standard InChI is InChI=1S/C31H21OP/c32-33-29-18-10-8-16-24(29)26-19-28-25(20-30(26)33)23-15-7-9-17-27(23)31(28,21-11-3-1-4-12-21)22-13-5-2-6-14-22/h1-20,33H. The fourth-order valence-corrected chi connectivity index (χ4v) is 7.69. The molecule has 1 aliphatic carbocycles. The highest BCUT2D eigenvalue weighted by Crippen LogP contribution is 2.57. The molecular formula is C31H21OP. The molecular weight excluding hydrogens is 419 g/mol. The van der Waals surface area contributed by atoms with Gasteiger partial charge in [0.25, 0.3) is 0 Å². The normalized spacial score (nSPS) is 16.5. The maximum absolute atomic E-state index is 13.5. The van der Waals surface area contributed by atoms with Crippen molar-refractivity contribution in [2.24, 2.45) is 0 Å². The van der Waals surface area contributed by atoms with Gasteiger partial charge in [0.05, 0.1) is 5.41 Å². The first-order valence-corrected chi connectivity index (χ1v) is 12.7. The minimum atomic E-state index is -2.01. The van der Waals surface area contributed by atoms with Crippen molar-refractivity contribution in [3.63, 3.8) is 0 Å². The summed E-state index contributed by atoms with van der Waals surface area (Å²) < 4.78 is 13.5. The van der Waals surface area contributed by atoms with Crippen LogP contribution >= 0.6 is 7.80 Å². The van der Waals surface area contributed by atoms with Crippen molar-refractivity contribution in [1.82, 2.24) is 0 Å². The minimum absolute atomic E-state index is 0.420. The van der Waals surface area contributed by atoms with Crippen LogP contribution in [-0.4, -0.2) is 0 Å². The molecule has 7 rings (SSSR count). The van der Waals surface area contributed by atoms with Crippen LogP contribution in [0.3, 0.4) is 0 Å². The Morgan fingerprint density at radius 3 is 1.73 bits per heavy atom. The van der Waals surface area contributed by atoms with E-state index in [1.165, 1.54) is 33.4 Å². The maximum Gasteiger partial charge on any atom is 0.133 e. The second-order valence-corrected chi connectivity index (χ2v) is 10.6. The molecule has 33 heavy (non-hydrogen) atoms. The Hall–Kier alpha value is -3.67. The van der Waals surface area contributed by atoms with Gasteiger partial charge in [-0.05, 0) is 56.6 Å².